The summed E-state index contributed by atoms with van der Waals surface area (Å²) >= 11 is 0. The summed E-state index contributed by atoms with van der Waals surface area (Å²) in [7, 11) is 0. The number of quaternary nitrogens is 1. The minimum absolute atomic E-state index is 0.249. The van der Waals surface area contributed by atoms with Crippen molar-refractivity contribution in [3.05, 3.63) is 29.8 Å². The number of aliphatic hydroxyl groups is 1. The molecule has 1 aliphatic carbocycles. The molecule has 0 radical (unpaired) electrons. The molecule has 3 heteroatoms. The van der Waals surface area contributed by atoms with Crippen molar-refractivity contribution in [1.29, 1.82) is 0 Å². The number of nitrogens with two attached hydrogens (primary N) is 1. The van der Waals surface area contributed by atoms with Crippen LogP contribution in [0.1, 0.15) is 44.6 Å². The molecule has 3 N–H and O–H groups in total. The van der Waals surface area contributed by atoms with Crippen LogP contribution >= 0.6 is 0 Å². The van der Waals surface area contributed by atoms with Crippen LogP contribution in [0.15, 0.2) is 24.3 Å². The maximum atomic E-state index is 9.16. The predicted molar refractivity (Wildman–Crippen MR) is 76.1 cm³/mol. The first kappa shape index (κ1) is 14.4. The minimum atomic E-state index is 0.249. The number of benzene rings is 1. The molecule has 1 atom stereocenters. The zero-order valence-electron chi connectivity index (χ0n) is 11.8. The van der Waals surface area contributed by atoms with E-state index in [0.29, 0.717) is 12.1 Å². The van der Waals surface area contributed by atoms with Crippen molar-refractivity contribution in [3.63, 3.8) is 0 Å². The van der Waals surface area contributed by atoms with Gasteiger partial charge in [0.15, 0.2) is 0 Å². The van der Waals surface area contributed by atoms with Gasteiger partial charge in [0.05, 0.1) is 12.7 Å². The summed E-state index contributed by atoms with van der Waals surface area (Å²) in [5.41, 5.74) is 1.28. The van der Waals surface area contributed by atoms with E-state index in [9.17, 15) is 0 Å². The van der Waals surface area contributed by atoms with Gasteiger partial charge in [-0.1, -0.05) is 6.92 Å². The van der Waals surface area contributed by atoms with E-state index >= 15 is 0 Å². The van der Waals surface area contributed by atoms with Crippen LogP contribution in [-0.4, -0.2) is 23.9 Å². The monoisotopic (exact) mass is 264 g/mol. The fourth-order valence-corrected chi connectivity index (χ4v) is 2.58. The summed E-state index contributed by atoms with van der Waals surface area (Å²) < 4.78 is 5.95. The third-order valence-electron chi connectivity index (χ3n) is 3.97. The van der Waals surface area contributed by atoms with E-state index < -0.39 is 0 Å². The zero-order chi connectivity index (χ0) is 13.5. The number of ether oxygens (including phenoxy) is 1. The SMILES string of the molecule is CC[C@H](CO)[NH2+]Cc1ccc(OC2CCCC2)cc1. The molecule has 0 spiro atoms. The van der Waals surface area contributed by atoms with Crippen molar-refractivity contribution in [2.24, 2.45) is 0 Å². The molecule has 0 aliphatic heterocycles. The zero-order valence-corrected chi connectivity index (χ0v) is 11.8. The lowest BCUT2D eigenvalue weighted by Crippen LogP contribution is -2.89. The molecular formula is C16H26NO2+. The van der Waals surface area contributed by atoms with E-state index in [-0.39, 0.29) is 6.61 Å². The lowest BCUT2D eigenvalue weighted by atomic mass is 10.2. The molecule has 2 rings (SSSR count). The molecule has 1 aliphatic rings. The highest BCUT2D eigenvalue weighted by atomic mass is 16.5. The number of hydrogen-bond donors (Lipinski definition) is 2. The molecule has 1 saturated carbocycles. The largest absolute Gasteiger partial charge is 0.490 e. The molecule has 106 valence electrons. The smallest absolute Gasteiger partial charge is 0.119 e. The van der Waals surface area contributed by atoms with Crippen LogP contribution < -0.4 is 10.1 Å². The summed E-state index contributed by atoms with van der Waals surface area (Å²) in [5.74, 6) is 0.991. The second kappa shape index (κ2) is 7.51. The summed E-state index contributed by atoms with van der Waals surface area (Å²) in [6.45, 7) is 3.28. The van der Waals surface area contributed by atoms with Crippen molar-refractivity contribution < 1.29 is 15.2 Å². The maximum absolute atomic E-state index is 9.16. The van der Waals surface area contributed by atoms with E-state index in [2.05, 4.69) is 36.5 Å². The summed E-state index contributed by atoms with van der Waals surface area (Å²) in [6.07, 6.45) is 6.43. The van der Waals surface area contributed by atoms with Gasteiger partial charge in [-0.05, 0) is 56.4 Å². The molecule has 0 saturated heterocycles. The third kappa shape index (κ3) is 4.51. The Kier molecular flexibility index (Phi) is 5.67. The van der Waals surface area contributed by atoms with Gasteiger partial charge in [-0.15, -0.1) is 0 Å². The van der Waals surface area contributed by atoms with Gasteiger partial charge in [-0.2, -0.15) is 0 Å². The Balaban J connectivity index is 1.80. The van der Waals surface area contributed by atoms with Crippen molar-refractivity contribution in [3.8, 4) is 5.75 Å². The Labute approximate surface area is 116 Å². The summed E-state index contributed by atoms with van der Waals surface area (Å²) in [6, 6.07) is 8.72. The van der Waals surface area contributed by atoms with Gasteiger partial charge in [-0.25, -0.2) is 0 Å². The van der Waals surface area contributed by atoms with Crippen LogP contribution in [0.25, 0.3) is 0 Å². The van der Waals surface area contributed by atoms with Gasteiger partial charge in [0, 0.05) is 5.56 Å². The summed E-state index contributed by atoms with van der Waals surface area (Å²) in [4.78, 5) is 0. The Hall–Kier alpha value is -1.06. The van der Waals surface area contributed by atoms with Gasteiger partial charge >= 0.3 is 0 Å². The highest BCUT2D eigenvalue weighted by Crippen LogP contribution is 2.24. The average Bonchev–Trinajstić information content (AvgIpc) is 2.95. The Morgan fingerprint density at radius 3 is 2.53 bits per heavy atom. The van der Waals surface area contributed by atoms with Crippen molar-refractivity contribution >= 4 is 0 Å². The van der Waals surface area contributed by atoms with E-state index in [0.717, 1.165) is 18.7 Å². The number of rotatable bonds is 7. The van der Waals surface area contributed by atoms with Crippen LogP contribution in [0.4, 0.5) is 0 Å². The van der Waals surface area contributed by atoms with Gasteiger partial charge in [0.2, 0.25) is 0 Å². The Bertz CT molecular complexity index is 354. The second-order valence-electron chi connectivity index (χ2n) is 5.46. The molecule has 0 unspecified atom stereocenters. The Morgan fingerprint density at radius 1 is 1.26 bits per heavy atom. The molecule has 0 amide bonds. The highest BCUT2D eigenvalue weighted by molar-refractivity contribution is 5.27. The quantitative estimate of drug-likeness (QED) is 0.789. The van der Waals surface area contributed by atoms with E-state index in [1.165, 1.54) is 31.2 Å². The van der Waals surface area contributed by atoms with Crippen LogP contribution in [0.2, 0.25) is 0 Å². The molecule has 19 heavy (non-hydrogen) atoms. The van der Waals surface area contributed by atoms with Crippen LogP contribution in [-0.2, 0) is 6.54 Å². The molecule has 1 fully saturated rings. The predicted octanol–water partition coefficient (Wildman–Crippen LogP) is 1.84. The van der Waals surface area contributed by atoms with Gasteiger partial charge in [0.1, 0.15) is 18.3 Å². The first-order valence-electron chi connectivity index (χ1n) is 7.51. The van der Waals surface area contributed by atoms with Crippen molar-refractivity contribution in [1.82, 2.24) is 0 Å². The van der Waals surface area contributed by atoms with Gasteiger partial charge in [-0.3, -0.25) is 0 Å². The van der Waals surface area contributed by atoms with Gasteiger partial charge in [0.25, 0.3) is 0 Å². The normalized spacial score (nSPS) is 17.6. The average molecular weight is 264 g/mol. The maximum Gasteiger partial charge on any atom is 0.119 e. The molecule has 0 heterocycles. The molecule has 0 bridgehead atoms. The molecule has 1 aromatic carbocycles. The Morgan fingerprint density at radius 2 is 1.95 bits per heavy atom. The number of aliphatic hydroxyl groups excluding tert-OH is 1. The first-order chi connectivity index (χ1) is 9.31. The van der Waals surface area contributed by atoms with Crippen LogP contribution in [0.5, 0.6) is 5.75 Å². The number of hydrogen-bond acceptors (Lipinski definition) is 2. The topological polar surface area (TPSA) is 46.1 Å². The first-order valence-corrected chi connectivity index (χ1v) is 7.51. The standard InChI is InChI=1S/C16H25NO2/c1-2-14(12-18)17-11-13-7-9-16(10-8-13)19-15-5-3-4-6-15/h7-10,14-15,17-18H,2-6,11-12H2,1H3/p+1/t14-/m1/s1. The fraction of sp³-hybridized carbons (Fsp3) is 0.625. The fourth-order valence-electron chi connectivity index (χ4n) is 2.58. The summed E-state index contributed by atoms with van der Waals surface area (Å²) in [5, 5.41) is 11.4. The lowest BCUT2D eigenvalue weighted by molar-refractivity contribution is -0.706. The minimum Gasteiger partial charge on any atom is -0.490 e. The van der Waals surface area contributed by atoms with Crippen LogP contribution in [0.3, 0.4) is 0 Å². The van der Waals surface area contributed by atoms with Gasteiger partial charge < -0.3 is 15.2 Å². The van der Waals surface area contributed by atoms with Crippen LogP contribution in [0, 0.1) is 0 Å². The second-order valence-corrected chi connectivity index (χ2v) is 5.46. The molecular weight excluding hydrogens is 238 g/mol. The molecule has 3 nitrogen and oxygen atoms in total. The molecule has 1 aromatic rings. The highest BCUT2D eigenvalue weighted by Gasteiger charge is 2.16. The lowest BCUT2D eigenvalue weighted by Gasteiger charge is -2.14. The molecule has 0 aromatic heterocycles. The van der Waals surface area contributed by atoms with Crippen molar-refractivity contribution in [2.75, 3.05) is 6.61 Å². The van der Waals surface area contributed by atoms with E-state index in [1.54, 1.807) is 0 Å². The van der Waals surface area contributed by atoms with E-state index in [1.807, 2.05) is 0 Å². The third-order valence-corrected chi connectivity index (χ3v) is 3.97. The van der Waals surface area contributed by atoms with E-state index in [4.69, 9.17) is 9.84 Å². The van der Waals surface area contributed by atoms with Crippen molar-refractivity contribution in [2.45, 2.75) is 57.7 Å².